The van der Waals surface area contributed by atoms with Gasteiger partial charge in [-0.15, -0.1) is 0 Å². The largest absolute Gasteiger partial charge is 0.455 e. The molecule has 5 heteroatoms. The van der Waals surface area contributed by atoms with Crippen molar-refractivity contribution >= 4 is 21.9 Å². The third-order valence-electron chi connectivity index (χ3n) is 10.1. The SMILES string of the molecule is c1cc(-c2cc(-c3cccc(-c4cccc(-c5ccncc5)n4)c3)cc(-c3cccc4c3oc3ccccc34)c2)cc(-c2cccc(-c3ccncc3)n2)c1. The maximum Gasteiger partial charge on any atom is 0.143 e. The van der Waals surface area contributed by atoms with Crippen LogP contribution in [-0.4, -0.2) is 19.9 Å². The molecule has 0 N–H and O–H groups in total. The van der Waals surface area contributed by atoms with Gasteiger partial charge in [0.2, 0.25) is 0 Å². The second-order valence-electron chi connectivity index (χ2n) is 13.5. The summed E-state index contributed by atoms with van der Waals surface area (Å²) in [5.41, 5.74) is 16.0. The number of benzene rings is 5. The van der Waals surface area contributed by atoms with Crippen LogP contribution in [0.15, 0.2) is 199 Å². The van der Waals surface area contributed by atoms with Crippen LogP contribution in [0.5, 0.6) is 0 Å². The monoisotopic (exact) mass is 704 g/mol. The summed E-state index contributed by atoms with van der Waals surface area (Å²) in [6.45, 7) is 0. The lowest BCUT2D eigenvalue weighted by Gasteiger charge is -2.14. The Morgan fingerprint density at radius 2 is 0.745 bits per heavy atom. The number of furan rings is 1. The molecule has 0 radical (unpaired) electrons. The average Bonchev–Trinajstić information content (AvgIpc) is 3.66. The first-order valence-corrected chi connectivity index (χ1v) is 18.3. The van der Waals surface area contributed by atoms with Gasteiger partial charge >= 0.3 is 0 Å². The first kappa shape index (κ1) is 32.2. The smallest absolute Gasteiger partial charge is 0.143 e. The predicted octanol–water partition coefficient (Wildman–Crippen LogP) is 12.8. The number of para-hydroxylation sites is 2. The van der Waals surface area contributed by atoms with Crippen LogP contribution in [0.3, 0.4) is 0 Å². The molecule has 5 aromatic carbocycles. The van der Waals surface area contributed by atoms with Crippen LogP contribution in [0.2, 0.25) is 0 Å². The second-order valence-corrected chi connectivity index (χ2v) is 13.5. The Balaban J connectivity index is 1.12. The zero-order chi connectivity index (χ0) is 36.6. The second kappa shape index (κ2) is 13.8. The van der Waals surface area contributed by atoms with Crippen molar-refractivity contribution in [3.8, 4) is 78.4 Å². The highest BCUT2D eigenvalue weighted by Gasteiger charge is 2.16. The predicted molar refractivity (Wildman–Crippen MR) is 223 cm³/mol. The fourth-order valence-electron chi connectivity index (χ4n) is 7.36. The van der Waals surface area contributed by atoms with E-state index in [2.05, 4.69) is 131 Å². The van der Waals surface area contributed by atoms with Gasteiger partial charge < -0.3 is 4.42 Å². The van der Waals surface area contributed by atoms with E-state index in [1.165, 1.54) is 0 Å². The molecule has 55 heavy (non-hydrogen) atoms. The highest BCUT2D eigenvalue weighted by Crippen LogP contribution is 2.40. The molecule has 0 bridgehead atoms. The topological polar surface area (TPSA) is 64.7 Å². The van der Waals surface area contributed by atoms with Crippen molar-refractivity contribution in [2.45, 2.75) is 0 Å². The highest BCUT2D eigenvalue weighted by atomic mass is 16.3. The van der Waals surface area contributed by atoms with Crippen molar-refractivity contribution in [2.75, 3.05) is 0 Å². The molecule has 0 saturated carbocycles. The van der Waals surface area contributed by atoms with Crippen LogP contribution >= 0.6 is 0 Å². The van der Waals surface area contributed by atoms with Crippen LogP contribution in [0.25, 0.3) is 100 Å². The summed E-state index contributed by atoms with van der Waals surface area (Å²) >= 11 is 0. The number of pyridine rings is 4. The lowest BCUT2D eigenvalue weighted by atomic mass is 9.91. The number of hydrogen-bond donors (Lipinski definition) is 0. The van der Waals surface area contributed by atoms with E-state index in [-0.39, 0.29) is 0 Å². The van der Waals surface area contributed by atoms with Gasteiger partial charge in [-0.3, -0.25) is 9.97 Å². The lowest BCUT2D eigenvalue weighted by Crippen LogP contribution is -1.91. The zero-order valence-corrected chi connectivity index (χ0v) is 29.7. The summed E-state index contributed by atoms with van der Waals surface area (Å²) in [4.78, 5) is 18.5. The van der Waals surface area contributed by atoms with Crippen molar-refractivity contribution in [2.24, 2.45) is 0 Å². The van der Waals surface area contributed by atoms with Crippen molar-refractivity contribution in [3.63, 3.8) is 0 Å². The van der Waals surface area contributed by atoms with Gasteiger partial charge in [-0.1, -0.05) is 84.9 Å². The molecule has 0 aliphatic carbocycles. The molecule has 0 saturated heterocycles. The first-order valence-electron chi connectivity index (χ1n) is 18.3. The molecular formula is C50H32N4O. The maximum atomic E-state index is 6.55. The Hall–Kier alpha value is -7.50. The minimum absolute atomic E-state index is 0.878. The van der Waals surface area contributed by atoms with E-state index in [9.17, 15) is 0 Å². The number of rotatable bonds is 7. The minimum Gasteiger partial charge on any atom is -0.455 e. The van der Waals surface area contributed by atoms with Gasteiger partial charge in [-0.05, 0) is 113 Å². The molecule has 0 amide bonds. The quantitative estimate of drug-likeness (QED) is 0.165. The zero-order valence-electron chi connectivity index (χ0n) is 29.7. The summed E-state index contributed by atoms with van der Waals surface area (Å²) in [5, 5.41) is 2.21. The lowest BCUT2D eigenvalue weighted by molar-refractivity contribution is 0.670. The van der Waals surface area contributed by atoms with E-state index in [1.807, 2.05) is 48.5 Å². The fraction of sp³-hybridized carbons (Fsp3) is 0. The van der Waals surface area contributed by atoms with E-state index in [4.69, 9.17) is 14.4 Å². The van der Waals surface area contributed by atoms with E-state index < -0.39 is 0 Å². The van der Waals surface area contributed by atoms with Crippen molar-refractivity contribution in [1.29, 1.82) is 0 Å². The standard InChI is InChI=1S/C50H32N4O/c1-2-19-49-43(12-1)44-14-5-13-42(50(44)55-49)41-31-39(35-8-3-10-37(28-35)47-17-6-15-45(53-47)33-20-24-51-25-21-33)30-40(32-41)36-9-4-11-38(29-36)48-18-7-16-46(54-48)34-22-26-52-27-23-34/h1-32H. The highest BCUT2D eigenvalue weighted by molar-refractivity contribution is 6.09. The average molecular weight is 705 g/mol. The molecule has 5 heterocycles. The van der Waals surface area contributed by atoms with Gasteiger partial charge in [0.05, 0.1) is 22.8 Å². The maximum absolute atomic E-state index is 6.55. The van der Waals surface area contributed by atoms with Gasteiger partial charge in [0, 0.05) is 63.4 Å². The molecule has 5 aromatic heterocycles. The molecule has 5 nitrogen and oxygen atoms in total. The third kappa shape index (κ3) is 6.24. The Bertz CT molecular complexity index is 2850. The Morgan fingerprint density at radius 3 is 1.33 bits per heavy atom. The van der Waals surface area contributed by atoms with Crippen molar-refractivity contribution < 1.29 is 4.42 Å². The third-order valence-corrected chi connectivity index (χ3v) is 10.1. The minimum atomic E-state index is 0.878. The molecular weight excluding hydrogens is 673 g/mol. The number of nitrogens with zero attached hydrogens (tertiary/aromatic N) is 4. The van der Waals surface area contributed by atoms with Crippen LogP contribution in [0.4, 0.5) is 0 Å². The van der Waals surface area contributed by atoms with E-state index in [0.717, 1.165) is 100 Å². The number of fused-ring (bicyclic) bond motifs is 3. The molecule has 0 spiro atoms. The van der Waals surface area contributed by atoms with Crippen LogP contribution in [0.1, 0.15) is 0 Å². The van der Waals surface area contributed by atoms with Gasteiger partial charge in [0.25, 0.3) is 0 Å². The van der Waals surface area contributed by atoms with Crippen LogP contribution < -0.4 is 0 Å². The number of hydrogen-bond acceptors (Lipinski definition) is 5. The molecule has 10 rings (SSSR count). The summed E-state index contributed by atoms with van der Waals surface area (Å²) in [7, 11) is 0. The van der Waals surface area contributed by atoms with Crippen molar-refractivity contribution in [1.82, 2.24) is 19.9 Å². The molecule has 0 fully saturated rings. The van der Waals surface area contributed by atoms with E-state index in [0.29, 0.717) is 0 Å². The Kier molecular flexibility index (Phi) is 8.08. The Labute approximate surface area is 318 Å². The Morgan fingerprint density at radius 1 is 0.309 bits per heavy atom. The van der Waals surface area contributed by atoms with Gasteiger partial charge in [0.1, 0.15) is 11.2 Å². The van der Waals surface area contributed by atoms with Crippen LogP contribution in [0, 0.1) is 0 Å². The van der Waals surface area contributed by atoms with Crippen molar-refractivity contribution in [3.05, 3.63) is 195 Å². The van der Waals surface area contributed by atoms with Gasteiger partial charge in [-0.2, -0.15) is 0 Å². The fourth-order valence-corrected chi connectivity index (χ4v) is 7.36. The van der Waals surface area contributed by atoms with Gasteiger partial charge in [0.15, 0.2) is 0 Å². The van der Waals surface area contributed by atoms with E-state index in [1.54, 1.807) is 24.8 Å². The molecule has 0 unspecified atom stereocenters. The molecule has 0 aliphatic heterocycles. The number of aromatic nitrogens is 4. The van der Waals surface area contributed by atoms with E-state index >= 15 is 0 Å². The molecule has 0 atom stereocenters. The first-order chi connectivity index (χ1) is 27.2. The summed E-state index contributed by atoms with van der Waals surface area (Å²) in [6.07, 6.45) is 7.19. The normalized spacial score (nSPS) is 11.3. The van der Waals surface area contributed by atoms with Gasteiger partial charge in [-0.25, -0.2) is 9.97 Å². The summed E-state index contributed by atoms with van der Waals surface area (Å²) in [6, 6.07) is 59.0. The molecule has 258 valence electrons. The summed E-state index contributed by atoms with van der Waals surface area (Å²) in [5.74, 6) is 0. The molecule has 0 aliphatic rings. The van der Waals surface area contributed by atoms with Crippen LogP contribution in [-0.2, 0) is 0 Å². The molecule has 10 aromatic rings. The summed E-state index contributed by atoms with van der Waals surface area (Å²) < 4.78 is 6.55.